The maximum Gasteiger partial charge on any atom is 0.319 e. The fourth-order valence-electron chi connectivity index (χ4n) is 2.21. The molecular formula is C13H25N3O3. The summed E-state index contributed by atoms with van der Waals surface area (Å²) in [5, 5.41) is 8.62. The van der Waals surface area contributed by atoms with E-state index >= 15 is 0 Å². The predicted molar refractivity (Wildman–Crippen MR) is 73.2 cm³/mol. The van der Waals surface area contributed by atoms with Crippen LogP contribution in [0.2, 0.25) is 0 Å². The summed E-state index contributed by atoms with van der Waals surface area (Å²) >= 11 is 0. The van der Waals surface area contributed by atoms with Gasteiger partial charge >= 0.3 is 12.0 Å². The Morgan fingerprint density at radius 3 is 2.32 bits per heavy atom. The van der Waals surface area contributed by atoms with E-state index in [1.807, 2.05) is 0 Å². The van der Waals surface area contributed by atoms with Crippen molar-refractivity contribution in [2.24, 2.45) is 0 Å². The summed E-state index contributed by atoms with van der Waals surface area (Å²) < 4.78 is 0. The van der Waals surface area contributed by atoms with Crippen LogP contribution >= 0.6 is 0 Å². The minimum absolute atomic E-state index is 0.00489. The Balaban J connectivity index is 2.37. The molecule has 0 saturated carbocycles. The van der Waals surface area contributed by atoms with Crippen molar-refractivity contribution >= 4 is 12.0 Å². The molecule has 1 atom stereocenters. The summed E-state index contributed by atoms with van der Waals surface area (Å²) in [6.45, 7) is 7.88. The molecule has 1 saturated heterocycles. The second-order valence-corrected chi connectivity index (χ2v) is 5.13. The van der Waals surface area contributed by atoms with Gasteiger partial charge < -0.3 is 14.9 Å². The highest BCUT2D eigenvalue weighted by atomic mass is 16.4. The summed E-state index contributed by atoms with van der Waals surface area (Å²) in [5.41, 5.74) is 0. The Morgan fingerprint density at radius 1 is 1.26 bits per heavy atom. The number of hydrogen-bond donors (Lipinski definition) is 1. The highest BCUT2D eigenvalue weighted by molar-refractivity contribution is 5.75. The normalized spacial score (nSPS) is 18.2. The predicted octanol–water partition coefficient (Wildman–Crippen LogP) is 0.929. The van der Waals surface area contributed by atoms with Crippen LogP contribution in [-0.4, -0.2) is 77.6 Å². The lowest BCUT2D eigenvalue weighted by molar-refractivity contribution is -0.137. The first kappa shape index (κ1) is 15.8. The number of carbonyl (C=O) groups excluding carboxylic acids is 1. The van der Waals surface area contributed by atoms with Crippen molar-refractivity contribution in [3.8, 4) is 0 Å². The number of piperazine rings is 1. The van der Waals surface area contributed by atoms with Crippen LogP contribution < -0.4 is 0 Å². The maximum atomic E-state index is 12.1. The summed E-state index contributed by atoms with van der Waals surface area (Å²) in [7, 11) is 1.66. The first-order valence-corrected chi connectivity index (χ1v) is 6.91. The van der Waals surface area contributed by atoms with E-state index in [-0.39, 0.29) is 19.0 Å². The quantitative estimate of drug-likeness (QED) is 0.808. The molecule has 19 heavy (non-hydrogen) atoms. The van der Waals surface area contributed by atoms with Gasteiger partial charge in [0.1, 0.15) is 0 Å². The Bertz CT molecular complexity index is 314. The van der Waals surface area contributed by atoms with Gasteiger partial charge in [-0.1, -0.05) is 6.92 Å². The third-order valence-corrected chi connectivity index (χ3v) is 3.79. The number of carboxylic acid groups (broad SMARTS) is 1. The molecule has 0 bridgehead atoms. The number of urea groups is 1. The summed E-state index contributed by atoms with van der Waals surface area (Å²) in [6.07, 6.45) is 1.11. The fraction of sp³-hybridized carbons (Fsp3) is 0.846. The second kappa shape index (κ2) is 7.33. The largest absolute Gasteiger partial charge is 0.481 e. The number of aliphatic carboxylic acids is 1. The van der Waals surface area contributed by atoms with Crippen molar-refractivity contribution in [1.82, 2.24) is 14.7 Å². The fourth-order valence-corrected chi connectivity index (χ4v) is 2.21. The monoisotopic (exact) mass is 271 g/mol. The standard InChI is InChI=1S/C13H25N3O3/c1-4-11(2)15-7-9-16(10-8-15)13(19)14(3)6-5-12(17)18/h11H,4-10H2,1-3H3,(H,17,18). The lowest BCUT2D eigenvalue weighted by Crippen LogP contribution is -2.54. The molecule has 6 heteroatoms. The van der Waals surface area contributed by atoms with Crippen LogP contribution in [0.15, 0.2) is 0 Å². The molecule has 0 aliphatic carbocycles. The Morgan fingerprint density at radius 2 is 1.84 bits per heavy atom. The van der Waals surface area contributed by atoms with Crippen LogP contribution in [0, 0.1) is 0 Å². The molecule has 1 rings (SSSR count). The molecule has 0 spiro atoms. The van der Waals surface area contributed by atoms with Gasteiger partial charge in [-0.15, -0.1) is 0 Å². The molecule has 0 aromatic rings. The van der Waals surface area contributed by atoms with Gasteiger partial charge in [0.15, 0.2) is 0 Å². The van der Waals surface area contributed by atoms with E-state index in [0.29, 0.717) is 6.04 Å². The lowest BCUT2D eigenvalue weighted by atomic mass is 10.2. The van der Waals surface area contributed by atoms with E-state index in [4.69, 9.17) is 5.11 Å². The highest BCUT2D eigenvalue weighted by Crippen LogP contribution is 2.10. The number of hydrogen-bond acceptors (Lipinski definition) is 3. The first-order chi connectivity index (χ1) is 8.95. The molecule has 0 radical (unpaired) electrons. The average molecular weight is 271 g/mol. The van der Waals surface area contributed by atoms with E-state index in [2.05, 4.69) is 18.7 Å². The minimum atomic E-state index is -0.874. The van der Waals surface area contributed by atoms with Crippen LogP contribution in [0.4, 0.5) is 4.79 Å². The van der Waals surface area contributed by atoms with Crippen molar-refractivity contribution in [3.63, 3.8) is 0 Å². The van der Waals surface area contributed by atoms with E-state index < -0.39 is 5.97 Å². The van der Waals surface area contributed by atoms with Crippen molar-refractivity contribution in [2.45, 2.75) is 32.7 Å². The number of amides is 2. The van der Waals surface area contributed by atoms with Gasteiger partial charge in [-0.3, -0.25) is 9.69 Å². The van der Waals surface area contributed by atoms with Gasteiger partial charge in [-0.05, 0) is 13.3 Å². The molecule has 6 nitrogen and oxygen atoms in total. The molecule has 1 aliphatic heterocycles. The summed E-state index contributed by atoms with van der Waals surface area (Å²) in [4.78, 5) is 28.3. The Labute approximate surface area is 115 Å². The lowest BCUT2D eigenvalue weighted by Gasteiger charge is -2.39. The van der Waals surface area contributed by atoms with E-state index in [9.17, 15) is 9.59 Å². The van der Waals surface area contributed by atoms with Crippen molar-refractivity contribution < 1.29 is 14.7 Å². The van der Waals surface area contributed by atoms with Crippen molar-refractivity contribution in [1.29, 1.82) is 0 Å². The zero-order valence-corrected chi connectivity index (χ0v) is 12.1. The van der Waals surface area contributed by atoms with Crippen LogP contribution in [0.5, 0.6) is 0 Å². The average Bonchev–Trinajstić information content (AvgIpc) is 2.43. The Hall–Kier alpha value is -1.30. The third kappa shape index (κ3) is 4.70. The van der Waals surface area contributed by atoms with Crippen molar-refractivity contribution in [3.05, 3.63) is 0 Å². The minimum Gasteiger partial charge on any atom is -0.481 e. The third-order valence-electron chi connectivity index (χ3n) is 3.79. The van der Waals surface area contributed by atoms with Crippen LogP contribution in [-0.2, 0) is 4.79 Å². The molecule has 2 amide bonds. The zero-order chi connectivity index (χ0) is 14.4. The van der Waals surface area contributed by atoms with Gasteiger partial charge in [0.05, 0.1) is 6.42 Å². The Kier molecular flexibility index (Phi) is 6.08. The van der Waals surface area contributed by atoms with Crippen LogP contribution in [0.3, 0.4) is 0 Å². The van der Waals surface area contributed by atoms with E-state index in [1.165, 1.54) is 4.90 Å². The number of nitrogens with zero attached hydrogens (tertiary/aromatic N) is 3. The maximum absolute atomic E-state index is 12.1. The van der Waals surface area contributed by atoms with Gasteiger partial charge in [0, 0.05) is 45.8 Å². The first-order valence-electron chi connectivity index (χ1n) is 6.91. The van der Waals surface area contributed by atoms with Gasteiger partial charge in [0.25, 0.3) is 0 Å². The van der Waals surface area contributed by atoms with E-state index in [0.717, 1.165) is 32.6 Å². The highest BCUT2D eigenvalue weighted by Gasteiger charge is 2.25. The van der Waals surface area contributed by atoms with Gasteiger partial charge in [-0.2, -0.15) is 0 Å². The molecule has 1 heterocycles. The number of carboxylic acids is 1. The van der Waals surface area contributed by atoms with Gasteiger partial charge in [-0.25, -0.2) is 4.79 Å². The molecule has 1 unspecified atom stereocenters. The summed E-state index contributed by atoms with van der Waals surface area (Å²) in [6, 6.07) is 0.493. The zero-order valence-electron chi connectivity index (χ0n) is 12.1. The SMILES string of the molecule is CCC(C)N1CCN(C(=O)N(C)CCC(=O)O)CC1. The van der Waals surface area contributed by atoms with Gasteiger partial charge in [0.2, 0.25) is 0 Å². The van der Waals surface area contributed by atoms with Crippen LogP contribution in [0.1, 0.15) is 26.7 Å². The topological polar surface area (TPSA) is 64.1 Å². The smallest absolute Gasteiger partial charge is 0.319 e. The molecular weight excluding hydrogens is 246 g/mol. The molecule has 1 aliphatic rings. The molecule has 0 aromatic heterocycles. The number of rotatable bonds is 5. The molecule has 1 fully saturated rings. The molecule has 110 valence electrons. The number of carbonyl (C=O) groups is 2. The molecule has 0 aromatic carbocycles. The summed E-state index contributed by atoms with van der Waals surface area (Å²) in [5.74, 6) is -0.874. The van der Waals surface area contributed by atoms with E-state index in [1.54, 1.807) is 11.9 Å². The van der Waals surface area contributed by atoms with Crippen molar-refractivity contribution in [2.75, 3.05) is 39.8 Å². The molecule has 1 N–H and O–H groups in total. The van der Waals surface area contributed by atoms with Crippen LogP contribution in [0.25, 0.3) is 0 Å². The second-order valence-electron chi connectivity index (χ2n) is 5.13.